The van der Waals surface area contributed by atoms with Crippen LogP contribution in [0.2, 0.25) is 0 Å². The second-order valence-electron chi connectivity index (χ2n) is 7.11. The van der Waals surface area contributed by atoms with Gasteiger partial charge in [0.25, 0.3) is 0 Å². The summed E-state index contributed by atoms with van der Waals surface area (Å²) in [5.74, 6) is 0.638. The van der Waals surface area contributed by atoms with E-state index in [2.05, 4.69) is 4.98 Å². The van der Waals surface area contributed by atoms with Crippen LogP contribution >= 0.6 is 23.1 Å². The summed E-state index contributed by atoms with van der Waals surface area (Å²) in [6, 6.07) is 11.8. The van der Waals surface area contributed by atoms with E-state index in [9.17, 15) is 9.90 Å². The Morgan fingerprint density at radius 3 is 2.43 bits per heavy atom. The fourth-order valence-electron chi connectivity index (χ4n) is 3.13. The summed E-state index contributed by atoms with van der Waals surface area (Å²) in [6.45, 7) is 3.75. The van der Waals surface area contributed by atoms with Crippen molar-refractivity contribution in [1.82, 2.24) is 4.98 Å². The van der Waals surface area contributed by atoms with E-state index < -0.39 is 16.4 Å². The molecule has 0 radical (unpaired) electrons. The van der Waals surface area contributed by atoms with Crippen molar-refractivity contribution >= 4 is 44.3 Å². The lowest BCUT2D eigenvalue weighted by Crippen LogP contribution is -2.55. The molecule has 0 saturated carbocycles. The molecule has 0 fully saturated rings. The van der Waals surface area contributed by atoms with Crippen LogP contribution in [0.5, 0.6) is 17.2 Å². The molecule has 0 amide bonds. The molecule has 0 saturated heterocycles. The number of phenolic OH excluding ortho intramolecular Hbond substituents is 1. The average molecular weight is 445 g/mol. The summed E-state index contributed by atoms with van der Waals surface area (Å²) in [7, 11) is 2.93. The summed E-state index contributed by atoms with van der Waals surface area (Å²) >= 11 is 2.88. The van der Waals surface area contributed by atoms with Gasteiger partial charge in [0.15, 0.2) is 0 Å². The molecule has 2 heterocycles. The van der Waals surface area contributed by atoms with Crippen molar-refractivity contribution in [3.8, 4) is 17.2 Å². The lowest BCUT2D eigenvalue weighted by Gasteiger charge is -2.35. The lowest BCUT2D eigenvalue weighted by atomic mass is 9.98. The summed E-state index contributed by atoms with van der Waals surface area (Å²) in [5.41, 5.74) is -0.777. The van der Waals surface area contributed by atoms with Gasteiger partial charge in [-0.1, -0.05) is 11.8 Å². The number of nitrogens with zero attached hydrogens (tertiary/aromatic N) is 2. The average Bonchev–Trinajstić information content (AvgIpc) is 3.27. The first-order chi connectivity index (χ1) is 14.3. The van der Waals surface area contributed by atoms with Gasteiger partial charge >= 0.3 is 11.7 Å². The smallest absolute Gasteiger partial charge is 0.375 e. The number of thiazole rings is 1. The van der Waals surface area contributed by atoms with E-state index in [1.165, 1.54) is 42.3 Å². The van der Waals surface area contributed by atoms with Crippen molar-refractivity contribution in [1.29, 1.82) is 0 Å². The summed E-state index contributed by atoms with van der Waals surface area (Å²) in [4.78, 5) is 22.3. The van der Waals surface area contributed by atoms with Crippen molar-refractivity contribution in [3.63, 3.8) is 0 Å². The van der Waals surface area contributed by atoms with Crippen LogP contribution in [0, 0.1) is 0 Å². The quantitative estimate of drug-likeness (QED) is 0.589. The van der Waals surface area contributed by atoms with E-state index in [4.69, 9.17) is 19.2 Å². The number of aromatic hydroxyl groups is 1. The van der Waals surface area contributed by atoms with E-state index in [1.54, 1.807) is 19.2 Å². The Balaban J connectivity index is 1.79. The molecule has 3 aromatic rings. The molecule has 9 heteroatoms. The predicted octanol–water partition coefficient (Wildman–Crippen LogP) is 4.23. The molecule has 1 unspecified atom stereocenters. The van der Waals surface area contributed by atoms with Crippen molar-refractivity contribution in [2.24, 2.45) is 4.99 Å². The second kappa shape index (κ2) is 7.48. The fourth-order valence-corrected chi connectivity index (χ4v) is 5.36. The molecule has 0 bridgehead atoms. The highest BCUT2D eigenvalue weighted by molar-refractivity contribution is 8.16. The molecule has 7 nitrogen and oxygen atoms in total. The Labute approximate surface area is 181 Å². The number of ether oxygens (including phenoxy) is 3. The maximum Gasteiger partial charge on any atom is 0.375 e. The molecule has 4 rings (SSSR count). The van der Waals surface area contributed by atoms with E-state index in [0.717, 1.165) is 16.0 Å². The third kappa shape index (κ3) is 3.37. The number of aromatic nitrogens is 1. The summed E-state index contributed by atoms with van der Waals surface area (Å²) in [5, 5.41) is 10.8. The van der Waals surface area contributed by atoms with Crippen LogP contribution in [0.15, 0.2) is 47.5 Å². The number of rotatable bonds is 5. The number of esters is 1. The fraction of sp³-hybridized carbons (Fsp3) is 0.286. The van der Waals surface area contributed by atoms with Crippen LogP contribution in [0.25, 0.3) is 10.2 Å². The normalized spacial score (nSPS) is 20.1. The first kappa shape index (κ1) is 20.5. The molecule has 2 aromatic carbocycles. The van der Waals surface area contributed by atoms with Crippen molar-refractivity contribution in [2.45, 2.75) is 24.3 Å². The Kier molecular flexibility index (Phi) is 5.11. The van der Waals surface area contributed by atoms with Gasteiger partial charge in [-0.3, -0.25) is 0 Å². The van der Waals surface area contributed by atoms with Gasteiger partial charge < -0.3 is 19.3 Å². The molecule has 1 aliphatic rings. The summed E-state index contributed by atoms with van der Waals surface area (Å²) in [6.07, 6.45) is 0. The highest BCUT2D eigenvalue weighted by atomic mass is 32.2. The molecule has 1 aromatic heterocycles. The zero-order chi connectivity index (χ0) is 21.5. The highest BCUT2D eigenvalue weighted by Gasteiger charge is 2.61. The van der Waals surface area contributed by atoms with Crippen LogP contribution in [0.1, 0.15) is 18.9 Å². The number of thioether (sulfide) groups is 1. The number of hydrogen-bond donors (Lipinski definition) is 1. The first-order valence-corrected chi connectivity index (χ1v) is 10.7. The number of carbonyl (C=O) groups is 1. The van der Waals surface area contributed by atoms with Gasteiger partial charge in [-0.2, -0.15) is 0 Å². The van der Waals surface area contributed by atoms with Crippen molar-refractivity contribution in [3.05, 3.63) is 47.5 Å². The third-order valence-electron chi connectivity index (χ3n) is 4.77. The maximum absolute atomic E-state index is 12.9. The van der Waals surface area contributed by atoms with Gasteiger partial charge in [0.05, 0.1) is 29.2 Å². The number of fused-ring (bicyclic) bond motifs is 1. The van der Waals surface area contributed by atoms with Gasteiger partial charge in [-0.15, -0.1) is 11.3 Å². The van der Waals surface area contributed by atoms with Crippen molar-refractivity contribution in [2.75, 3.05) is 14.2 Å². The van der Waals surface area contributed by atoms with Crippen LogP contribution in [-0.2, 0) is 9.53 Å². The molecule has 0 aliphatic carbocycles. The Hall–Kier alpha value is -2.78. The minimum Gasteiger partial charge on any atom is -0.508 e. The maximum atomic E-state index is 12.9. The molecule has 1 atom stereocenters. The van der Waals surface area contributed by atoms with Gasteiger partial charge in [-0.25, -0.2) is 14.8 Å². The SMILES string of the molecule is COC(=O)C1(Oc2ccc(O)cc2)N=C(c2nc3ccc(OC)cc3s2)SC1(C)C. The molecular weight excluding hydrogens is 424 g/mol. The van der Waals surface area contributed by atoms with Crippen LogP contribution < -0.4 is 9.47 Å². The van der Waals surface area contributed by atoms with Crippen LogP contribution in [-0.4, -0.2) is 45.8 Å². The zero-order valence-corrected chi connectivity index (χ0v) is 18.5. The minimum atomic E-state index is -1.60. The lowest BCUT2D eigenvalue weighted by molar-refractivity contribution is -0.160. The van der Waals surface area contributed by atoms with E-state index >= 15 is 0 Å². The number of hydrogen-bond acceptors (Lipinski definition) is 9. The van der Waals surface area contributed by atoms with Crippen LogP contribution in [0.4, 0.5) is 0 Å². The predicted molar refractivity (Wildman–Crippen MR) is 118 cm³/mol. The number of phenols is 1. The third-order valence-corrected chi connectivity index (χ3v) is 7.19. The Morgan fingerprint density at radius 2 is 1.77 bits per heavy atom. The molecule has 1 N–H and O–H groups in total. The van der Waals surface area contributed by atoms with Gasteiger partial charge in [0.2, 0.25) is 0 Å². The highest BCUT2D eigenvalue weighted by Crippen LogP contribution is 2.49. The molecule has 0 spiro atoms. The molecule has 156 valence electrons. The standard InChI is InChI=1S/C21H20N2O5S2/c1-20(2)21(19(25)27-4,28-13-7-5-12(24)6-8-13)23-18(30-20)17-22-15-10-9-14(26-3)11-16(15)29-17/h5-11,24H,1-4H3. The minimum absolute atomic E-state index is 0.101. The monoisotopic (exact) mass is 444 g/mol. The van der Waals surface area contributed by atoms with Crippen LogP contribution in [0.3, 0.4) is 0 Å². The Bertz CT molecular complexity index is 1140. The largest absolute Gasteiger partial charge is 0.508 e. The second-order valence-corrected chi connectivity index (χ2v) is 9.76. The molecule has 1 aliphatic heterocycles. The van der Waals surface area contributed by atoms with E-state index in [0.29, 0.717) is 15.8 Å². The van der Waals surface area contributed by atoms with E-state index in [-0.39, 0.29) is 5.75 Å². The molecular formula is C21H20N2O5S2. The topological polar surface area (TPSA) is 90.2 Å². The number of methoxy groups -OCH3 is 2. The molecule has 30 heavy (non-hydrogen) atoms. The number of aliphatic imine (C=N–C) groups is 1. The number of benzene rings is 2. The Morgan fingerprint density at radius 1 is 1.07 bits per heavy atom. The van der Waals surface area contributed by atoms with Gasteiger partial charge in [-0.05, 0) is 56.3 Å². The zero-order valence-electron chi connectivity index (χ0n) is 16.8. The van der Waals surface area contributed by atoms with E-state index in [1.807, 2.05) is 32.0 Å². The van der Waals surface area contributed by atoms with Gasteiger partial charge in [0, 0.05) is 0 Å². The summed E-state index contributed by atoms with van der Waals surface area (Å²) < 4.78 is 16.7. The first-order valence-electron chi connectivity index (χ1n) is 9.08. The van der Waals surface area contributed by atoms with Gasteiger partial charge in [0.1, 0.15) is 27.3 Å². The number of carbonyl (C=O) groups excluding carboxylic acids is 1. The van der Waals surface area contributed by atoms with Crippen molar-refractivity contribution < 1.29 is 24.1 Å².